The normalized spacial score (nSPS) is 14.2. The monoisotopic (exact) mass is 326 g/mol. The molecule has 1 aromatic heterocycles. The lowest BCUT2D eigenvalue weighted by molar-refractivity contribution is 0.0611. The van der Waals surface area contributed by atoms with Crippen molar-refractivity contribution < 1.29 is 9.59 Å². The van der Waals surface area contributed by atoms with E-state index in [0.717, 1.165) is 10.1 Å². The number of fused-ring (bicyclic) bond motifs is 2. The third kappa shape index (κ3) is 1.94. The number of aromatic nitrogens is 1. The van der Waals surface area contributed by atoms with Crippen molar-refractivity contribution in [3.8, 4) is 0 Å². The first-order valence-electron chi connectivity index (χ1n) is 7.30. The van der Waals surface area contributed by atoms with Gasteiger partial charge >= 0.3 is 0 Å². The Morgan fingerprint density at radius 2 is 2.04 bits per heavy atom. The maximum atomic E-state index is 12.9. The second-order valence-electron chi connectivity index (χ2n) is 5.46. The van der Waals surface area contributed by atoms with E-state index >= 15 is 0 Å². The van der Waals surface area contributed by atoms with Gasteiger partial charge < -0.3 is 11.5 Å². The van der Waals surface area contributed by atoms with E-state index < -0.39 is 0 Å². The van der Waals surface area contributed by atoms with Gasteiger partial charge in [-0.3, -0.25) is 14.5 Å². The minimum Gasteiger partial charge on any atom is -0.375 e. The highest BCUT2D eigenvalue weighted by atomic mass is 32.1. The molecule has 6 nitrogen and oxygen atoms in total. The van der Waals surface area contributed by atoms with Crippen molar-refractivity contribution in [2.45, 2.75) is 6.42 Å². The van der Waals surface area contributed by atoms with Crippen molar-refractivity contribution >= 4 is 49.3 Å². The number of nitrogen functional groups attached to an aromatic ring is 1. The van der Waals surface area contributed by atoms with Gasteiger partial charge in [-0.15, -0.1) is 0 Å². The van der Waals surface area contributed by atoms with Gasteiger partial charge in [0.25, 0.3) is 11.8 Å². The molecule has 7 heteroatoms. The Morgan fingerprint density at radius 1 is 1.22 bits per heavy atom. The first-order chi connectivity index (χ1) is 11.1. The van der Waals surface area contributed by atoms with Gasteiger partial charge in [0.2, 0.25) is 0 Å². The van der Waals surface area contributed by atoms with Crippen LogP contribution < -0.4 is 11.5 Å². The second kappa shape index (κ2) is 5.00. The van der Waals surface area contributed by atoms with Crippen molar-refractivity contribution in [3.05, 3.63) is 35.4 Å². The number of rotatable bonds is 3. The predicted molar refractivity (Wildman–Crippen MR) is 90.6 cm³/mol. The van der Waals surface area contributed by atoms with Gasteiger partial charge in [0.1, 0.15) is 0 Å². The van der Waals surface area contributed by atoms with Crippen LogP contribution in [-0.2, 0) is 0 Å². The van der Waals surface area contributed by atoms with Crippen LogP contribution in [0.25, 0.3) is 21.0 Å². The van der Waals surface area contributed by atoms with Gasteiger partial charge in [-0.2, -0.15) is 0 Å². The van der Waals surface area contributed by atoms with E-state index in [1.807, 2.05) is 18.2 Å². The lowest BCUT2D eigenvalue weighted by atomic mass is 9.93. The SMILES string of the molecule is NCCCN1C(=O)c2cccc3cc4nc(N)sc4c(c23)C1=O. The van der Waals surface area contributed by atoms with E-state index in [9.17, 15) is 9.59 Å². The molecule has 0 radical (unpaired) electrons. The lowest BCUT2D eigenvalue weighted by Crippen LogP contribution is -2.41. The van der Waals surface area contributed by atoms with Gasteiger partial charge in [-0.25, -0.2) is 4.98 Å². The molecule has 0 aliphatic carbocycles. The minimum absolute atomic E-state index is 0.265. The van der Waals surface area contributed by atoms with E-state index in [1.165, 1.54) is 16.2 Å². The number of imide groups is 1. The summed E-state index contributed by atoms with van der Waals surface area (Å²) >= 11 is 1.27. The van der Waals surface area contributed by atoms with Gasteiger partial charge in [-0.1, -0.05) is 23.5 Å². The van der Waals surface area contributed by atoms with Crippen LogP contribution in [0.1, 0.15) is 27.1 Å². The van der Waals surface area contributed by atoms with Crippen LogP contribution in [-0.4, -0.2) is 34.8 Å². The van der Waals surface area contributed by atoms with Crippen LogP contribution in [0.4, 0.5) is 5.13 Å². The molecule has 2 aromatic carbocycles. The fraction of sp³-hybridized carbons (Fsp3) is 0.188. The fourth-order valence-corrected chi connectivity index (χ4v) is 3.92. The molecule has 116 valence electrons. The van der Waals surface area contributed by atoms with Crippen LogP contribution in [0.3, 0.4) is 0 Å². The van der Waals surface area contributed by atoms with Crippen LogP contribution in [0.15, 0.2) is 24.3 Å². The van der Waals surface area contributed by atoms with Crippen molar-refractivity contribution in [1.29, 1.82) is 0 Å². The molecule has 2 heterocycles. The number of hydrogen-bond acceptors (Lipinski definition) is 6. The van der Waals surface area contributed by atoms with Crippen LogP contribution in [0.2, 0.25) is 0 Å². The Bertz CT molecular complexity index is 979. The summed E-state index contributed by atoms with van der Waals surface area (Å²) in [4.78, 5) is 31.2. The summed E-state index contributed by atoms with van der Waals surface area (Å²) in [5.41, 5.74) is 13.1. The maximum Gasteiger partial charge on any atom is 0.262 e. The molecule has 1 aliphatic heterocycles. The Kier molecular flexibility index (Phi) is 3.07. The molecule has 2 amide bonds. The third-order valence-corrected chi connectivity index (χ3v) is 4.97. The maximum absolute atomic E-state index is 12.9. The number of nitrogens with zero attached hydrogens (tertiary/aromatic N) is 2. The summed E-state index contributed by atoms with van der Waals surface area (Å²) in [7, 11) is 0. The number of thiazole rings is 1. The van der Waals surface area contributed by atoms with E-state index in [1.54, 1.807) is 6.07 Å². The van der Waals surface area contributed by atoms with E-state index in [-0.39, 0.29) is 11.8 Å². The zero-order valence-electron chi connectivity index (χ0n) is 12.2. The number of benzene rings is 2. The van der Waals surface area contributed by atoms with Gasteiger partial charge in [-0.05, 0) is 30.5 Å². The number of anilines is 1. The molecular weight excluding hydrogens is 312 g/mol. The molecule has 4 rings (SSSR count). The zero-order chi connectivity index (χ0) is 16.1. The predicted octanol–water partition coefficient (Wildman–Crippen LogP) is 1.98. The molecule has 3 aromatic rings. The van der Waals surface area contributed by atoms with Crippen LogP contribution >= 0.6 is 11.3 Å². The van der Waals surface area contributed by atoms with Crippen molar-refractivity contribution in [3.63, 3.8) is 0 Å². The van der Waals surface area contributed by atoms with Crippen molar-refractivity contribution in [2.24, 2.45) is 5.73 Å². The molecule has 4 N–H and O–H groups in total. The minimum atomic E-state index is -0.290. The molecule has 0 bridgehead atoms. The summed E-state index contributed by atoms with van der Waals surface area (Å²) in [5, 5.41) is 1.93. The van der Waals surface area contributed by atoms with Crippen molar-refractivity contribution in [1.82, 2.24) is 9.88 Å². The first-order valence-corrected chi connectivity index (χ1v) is 8.11. The Labute approximate surface area is 135 Å². The van der Waals surface area contributed by atoms with Crippen LogP contribution in [0.5, 0.6) is 0 Å². The van der Waals surface area contributed by atoms with E-state index in [0.29, 0.717) is 46.7 Å². The smallest absolute Gasteiger partial charge is 0.262 e. The topological polar surface area (TPSA) is 102 Å². The average Bonchev–Trinajstić information content (AvgIpc) is 2.90. The highest BCUT2D eigenvalue weighted by Crippen LogP contribution is 2.38. The molecule has 23 heavy (non-hydrogen) atoms. The van der Waals surface area contributed by atoms with E-state index in [4.69, 9.17) is 11.5 Å². The zero-order valence-corrected chi connectivity index (χ0v) is 13.0. The van der Waals surface area contributed by atoms with Gasteiger partial charge in [0, 0.05) is 17.5 Å². The van der Waals surface area contributed by atoms with Crippen LogP contribution in [0, 0.1) is 0 Å². The van der Waals surface area contributed by atoms with Gasteiger partial charge in [0.15, 0.2) is 5.13 Å². The molecular formula is C16H14N4O2S. The molecule has 1 aliphatic rings. The van der Waals surface area contributed by atoms with Gasteiger partial charge in [0.05, 0.1) is 15.8 Å². The molecule has 0 saturated heterocycles. The summed E-state index contributed by atoms with van der Waals surface area (Å²) in [6.45, 7) is 0.737. The number of nitrogens with two attached hydrogens (primary N) is 2. The first kappa shape index (κ1) is 14.1. The van der Waals surface area contributed by atoms with E-state index in [2.05, 4.69) is 4.98 Å². The number of carbonyl (C=O) groups excluding carboxylic acids is 2. The average molecular weight is 326 g/mol. The Balaban J connectivity index is 2.08. The quantitative estimate of drug-likeness (QED) is 0.716. The Morgan fingerprint density at radius 3 is 2.83 bits per heavy atom. The lowest BCUT2D eigenvalue weighted by Gasteiger charge is -2.27. The molecule has 0 saturated carbocycles. The summed E-state index contributed by atoms with van der Waals surface area (Å²) in [6, 6.07) is 7.33. The molecule has 0 atom stereocenters. The van der Waals surface area contributed by atoms with Crippen molar-refractivity contribution in [2.75, 3.05) is 18.8 Å². The number of amides is 2. The molecule has 0 unspecified atom stereocenters. The second-order valence-corrected chi connectivity index (χ2v) is 6.49. The summed E-state index contributed by atoms with van der Waals surface area (Å²) in [6.07, 6.45) is 0.573. The molecule has 0 fully saturated rings. The third-order valence-electron chi connectivity index (χ3n) is 4.06. The summed E-state index contributed by atoms with van der Waals surface area (Å²) in [5.74, 6) is -0.556. The fourth-order valence-electron chi connectivity index (χ4n) is 3.06. The summed E-state index contributed by atoms with van der Waals surface area (Å²) < 4.78 is 0.734. The molecule has 0 spiro atoms. The number of carbonyl (C=O) groups is 2. The highest BCUT2D eigenvalue weighted by Gasteiger charge is 2.34. The standard InChI is InChI=1S/C16H14N4O2S/c17-5-2-6-20-14(21)9-4-1-3-8-7-10-13(23-16(18)19-10)12(11(8)9)15(20)22/h1,3-4,7H,2,5-6,17H2,(H2,18,19). The Hall–Kier alpha value is -2.51. The number of hydrogen-bond donors (Lipinski definition) is 2. The highest BCUT2D eigenvalue weighted by molar-refractivity contribution is 7.22. The largest absolute Gasteiger partial charge is 0.375 e.